The van der Waals surface area contributed by atoms with Crippen molar-refractivity contribution in [1.29, 1.82) is 0 Å². The second-order valence-corrected chi connectivity index (χ2v) is 13.4. The Hall–Kier alpha value is -2.17. The number of halogens is 3. The Morgan fingerprint density at radius 2 is 1.76 bits per heavy atom. The van der Waals surface area contributed by atoms with Crippen molar-refractivity contribution in [2.24, 2.45) is 23.7 Å². The van der Waals surface area contributed by atoms with E-state index in [2.05, 4.69) is 41.2 Å². The maximum Gasteiger partial charge on any atom is 0.416 e. The number of carbonyl (C=O) groups excluding carboxylic acids is 2. The molecule has 1 aromatic rings. The number of piperidine rings is 2. The van der Waals surface area contributed by atoms with Gasteiger partial charge in [0.1, 0.15) is 0 Å². The summed E-state index contributed by atoms with van der Waals surface area (Å²) in [6, 6.07) is 4.53. The number of amides is 2. The topological polar surface area (TPSA) is 67.9 Å². The molecule has 2 N–H and O–H groups in total. The van der Waals surface area contributed by atoms with Gasteiger partial charge < -0.3 is 20.4 Å². The summed E-state index contributed by atoms with van der Waals surface area (Å²) in [5.74, 6) is 0.556. The minimum absolute atomic E-state index is 0.0377. The fraction of sp³-hybridized carbons (Fsp3) is 0.750. The van der Waals surface area contributed by atoms with Crippen LogP contribution in [0.5, 0.6) is 0 Å². The summed E-state index contributed by atoms with van der Waals surface area (Å²) in [5.41, 5.74) is -0.486. The highest BCUT2D eigenvalue weighted by Crippen LogP contribution is 2.43. The van der Waals surface area contributed by atoms with Crippen molar-refractivity contribution in [3.8, 4) is 0 Å². The molecule has 1 aromatic carbocycles. The minimum Gasteiger partial charge on any atom is -0.349 e. The fourth-order valence-corrected chi connectivity index (χ4v) is 7.99. The van der Waals surface area contributed by atoms with Crippen LogP contribution in [0.15, 0.2) is 18.2 Å². The molecule has 0 aromatic heterocycles. The molecule has 7 nitrogen and oxygen atoms in total. The second kappa shape index (κ2) is 12.8. The number of alkyl halides is 3. The number of piperazine rings is 1. The van der Waals surface area contributed by atoms with Gasteiger partial charge in [-0.3, -0.25) is 14.5 Å². The van der Waals surface area contributed by atoms with Crippen LogP contribution < -0.4 is 10.6 Å². The van der Waals surface area contributed by atoms with Gasteiger partial charge in [-0.1, -0.05) is 19.9 Å². The lowest BCUT2D eigenvalue weighted by molar-refractivity contribution is -0.148. The van der Waals surface area contributed by atoms with Crippen LogP contribution in [0.3, 0.4) is 0 Å². The summed E-state index contributed by atoms with van der Waals surface area (Å²) >= 11 is 0. The molecule has 3 aliphatic heterocycles. The Bertz CT molecular complexity index is 1120. The smallest absolute Gasteiger partial charge is 0.349 e. The summed E-state index contributed by atoms with van der Waals surface area (Å²) in [6.07, 6.45) is -0.408. The molecule has 4 aliphatic rings. The van der Waals surface area contributed by atoms with E-state index >= 15 is 0 Å². The number of likely N-dealkylation sites (N-methyl/N-ethyl adjacent to an activating group) is 1. The van der Waals surface area contributed by atoms with Crippen LogP contribution in [-0.4, -0.2) is 91.0 Å². The lowest BCUT2D eigenvalue weighted by Crippen LogP contribution is -2.60. The van der Waals surface area contributed by atoms with E-state index in [1.807, 2.05) is 11.9 Å². The number of hydrogen-bond donors (Lipinski definition) is 2. The predicted molar refractivity (Wildman–Crippen MR) is 157 cm³/mol. The molecule has 10 heteroatoms. The molecule has 2 amide bonds. The van der Waals surface area contributed by atoms with Crippen LogP contribution in [0.25, 0.3) is 0 Å². The van der Waals surface area contributed by atoms with Crippen LogP contribution >= 0.6 is 0 Å². The van der Waals surface area contributed by atoms with Crippen molar-refractivity contribution in [1.82, 2.24) is 25.3 Å². The molecule has 5 rings (SSSR count). The van der Waals surface area contributed by atoms with Crippen molar-refractivity contribution in [3.05, 3.63) is 34.9 Å². The molecule has 234 valence electrons. The third-order valence-corrected chi connectivity index (χ3v) is 10.7. The van der Waals surface area contributed by atoms with E-state index in [0.717, 1.165) is 71.0 Å². The minimum atomic E-state index is -4.54. The molecule has 7 unspecified atom stereocenters. The number of fused-ring (bicyclic) bond motifs is 1. The van der Waals surface area contributed by atoms with Gasteiger partial charge in [-0.2, -0.15) is 13.2 Å². The lowest BCUT2D eigenvalue weighted by atomic mass is 9.65. The number of rotatable bonds is 6. The number of nitrogens with one attached hydrogen (secondary N) is 2. The van der Waals surface area contributed by atoms with Crippen molar-refractivity contribution >= 4 is 11.8 Å². The Morgan fingerprint density at radius 3 is 2.45 bits per heavy atom. The zero-order valence-electron chi connectivity index (χ0n) is 25.6. The Morgan fingerprint density at radius 1 is 1.05 bits per heavy atom. The largest absolute Gasteiger partial charge is 0.416 e. The van der Waals surface area contributed by atoms with E-state index in [1.165, 1.54) is 12.1 Å². The molecule has 0 spiro atoms. The molecular formula is C32H48F3N5O2. The summed E-state index contributed by atoms with van der Waals surface area (Å²) in [6.45, 7) is 11.7. The molecule has 4 fully saturated rings. The Balaban J connectivity index is 1.25. The normalized spacial score (nSPS) is 33.4. The van der Waals surface area contributed by atoms with Crippen LogP contribution in [-0.2, 0) is 17.5 Å². The fourth-order valence-electron chi connectivity index (χ4n) is 7.99. The number of carbonyl (C=O) groups is 2. The Kier molecular flexibility index (Phi) is 9.54. The summed E-state index contributed by atoms with van der Waals surface area (Å²) in [4.78, 5) is 33.1. The molecule has 0 radical (unpaired) electrons. The number of hydrogen-bond acceptors (Lipinski definition) is 5. The van der Waals surface area contributed by atoms with Crippen LogP contribution in [0, 0.1) is 23.7 Å². The monoisotopic (exact) mass is 591 g/mol. The first-order valence-corrected chi connectivity index (χ1v) is 15.9. The molecule has 3 heterocycles. The number of benzene rings is 1. The van der Waals surface area contributed by atoms with Crippen molar-refractivity contribution in [3.63, 3.8) is 0 Å². The van der Waals surface area contributed by atoms with Crippen LogP contribution in [0.4, 0.5) is 13.2 Å². The van der Waals surface area contributed by atoms with Gasteiger partial charge in [-0.15, -0.1) is 0 Å². The molecule has 7 atom stereocenters. The molecule has 1 aliphatic carbocycles. The molecule has 3 saturated heterocycles. The highest BCUT2D eigenvalue weighted by Gasteiger charge is 2.47. The van der Waals surface area contributed by atoms with Gasteiger partial charge in [-0.25, -0.2) is 0 Å². The van der Waals surface area contributed by atoms with Gasteiger partial charge in [0, 0.05) is 75.9 Å². The van der Waals surface area contributed by atoms with Crippen molar-refractivity contribution in [2.75, 3.05) is 46.3 Å². The first-order chi connectivity index (χ1) is 19.9. The third-order valence-electron chi connectivity index (χ3n) is 10.7. The van der Waals surface area contributed by atoms with E-state index in [1.54, 1.807) is 0 Å². The summed E-state index contributed by atoms with van der Waals surface area (Å²) < 4.78 is 42.4. The van der Waals surface area contributed by atoms with Crippen molar-refractivity contribution < 1.29 is 22.8 Å². The summed E-state index contributed by atoms with van der Waals surface area (Å²) in [5, 5.41) is 6.61. The van der Waals surface area contributed by atoms with Crippen molar-refractivity contribution in [2.45, 2.75) is 83.7 Å². The van der Waals surface area contributed by atoms with Gasteiger partial charge in [-0.05, 0) is 81.0 Å². The highest BCUT2D eigenvalue weighted by molar-refractivity contribution is 5.94. The van der Waals surface area contributed by atoms with E-state index in [-0.39, 0.29) is 47.5 Å². The van der Waals surface area contributed by atoms with E-state index in [0.29, 0.717) is 24.3 Å². The van der Waals surface area contributed by atoms with Crippen LogP contribution in [0.1, 0.15) is 74.4 Å². The maximum absolute atomic E-state index is 14.1. The molecular weight excluding hydrogens is 543 g/mol. The van der Waals surface area contributed by atoms with Gasteiger partial charge in [0.2, 0.25) is 5.91 Å². The highest BCUT2D eigenvalue weighted by atomic mass is 19.4. The standard InChI is InChI=1S/C32H48F3N5O2/c1-5-39-10-12-40(13-11-39)19-23-8-7-22(16-28(23)32(33,34)35)30(41)37-25-9-6-20(2)26(17-25)27-15-24-18-36-21(3)14-29(24)38(4)31(27)42/h7-8,16,20-21,24-27,29,36H,5-6,9-15,17-19H2,1-4H3,(H,37,41). The van der Waals surface area contributed by atoms with E-state index in [4.69, 9.17) is 0 Å². The first kappa shape index (κ1) is 31.3. The predicted octanol–water partition coefficient (Wildman–Crippen LogP) is 4.22. The lowest BCUT2D eigenvalue weighted by Gasteiger charge is -2.50. The molecule has 0 bridgehead atoms. The zero-order chi connectivity index (χ0) is 30.2. The van der Waals surface area contributed by atoms with Gasteiger partial charge in [0.05, 0.1) is 5.56 Å². The molecule has 42 heavy (non-hydrogen) atoms. The molecule has 1 saturated carbocycles. The van der Waals surface area contributed by atoms with Gasteiger partial charge in [0.25, 0.3) is 5.91 Å². The quantitative estimate of drug-likeness (QED) is 0.519. The summed E-state index contributed by atoms with van der Waals surface area (Å²) in [7, 11) is 1.93. The van der Waals surface area contributed by atoms with E-state index in [9.17, 15) is 22.8 Å². The number of nitrogens with zero attached hydrogens (tertiary/aromatic N) is 3. The van der Waals surface area contributed by atoms with Crippen LogP contribution in [0.2, 0.25) is 0 Å². The van der Waals surface area contributed by atoms with Gasteiger partial charge >= 0.3 is 6.18 Å². The third kappa shape index (κ3) is 6.81. The maximum atomic E-state index is 14.1. The average molecular weight is 592 g/mol. The average Bonchev–Trinajstić information content (AvgIpc) is 2.96. The SMILES string of the molecule is CCN1CCN(Cc2ccc(C(=O)NC3CCC(C)C(C4CC5CNC(C)CC5N(C)C4=O)C3)cc2C(F)(F)F)CC1. The van der Waals surface area contributed by atoms with Gasteiger partial charge in [0.15, 0.2) is 0 Å². The number of likely N-dealkylation sites (tertiary alicyclic amines) is 1. The zero-order valence-corrected chi connectivity index (χ0v) is 25.6. The Labute approximate surface area is 248 Å². The first-order valence-electron chi connectivity index (χ1n) is 15.9. The second-order valence-electron chi connectivity index (χ2n) is 13.4. The van der Waals surface area contributed by atoms with E-state index < -0.39 is 17.6 Å².